The Kier molecular flexibility index (Phi) is 11.1. The van der Waals surface area contributed by atoms with E-state index in [1.165, 1.54) is 41.7 Å². The van der Waals surface area contributed by atoms with E-state index in [1.54, 1.807) is 18.7 Å². The maximum atomic E-state index is 14.3. The summed E-state index contributed by atoms with van der Waals surface area (Å²) in [5, 5.41) is 17.0. The quantitative estimate of drug-likeness (QED) is 0.120. The van der Waals surface area contributed by atoms with Crippen LogP contribution >= 0.6 is 15.9 Å². The van der Waals surface area contributed by atoms with Gasteiger partial charge in [0.1, 0.15) is 4.60 Å². The number of aryl methyl sites for hydroxylation is 2. The lowest BCUT2D eigenvalue weighted by atomic mass is 9.80. The number of aromatic nitrogens is 8. The largest absolute Gasteiger partial charge is 0.491 e. The number of hydrogen-bond acceptors (Lipinski definition) is 6. The molecule has 4 aromatic carbocycles. The molecule has 0 atom stereocenters. The SMILES string of the molecule is Cn1cnc2ccc(Cn3cnc(-c4cccc(F)c4F)c3C3CC3)cc21.Cn1cnc2ccc(Cn3cnc(Br)c3C3CC3)cc21.OB(O)c1cccc(F)c1F. The highest BCUT2D eigenvalue weighted by atomic mass is 79.9. The van der Waals surface area contributed by atoms with Crippen LogP contribution in [-0.4, -0.2) is 55.4 Å². The summed E-state index contributed by atoms with van der Waals surface area (Å²) in [6.45, 7) is 1.50. The van der Waals surface area contributed by atoms with Crippen molar-refractivity contribution in [3.63, 3.8) is 0 Å². The molecule has 2 aliphatic carbocycles. The average molecular weight is 854 g/mol. The number of halogens is 5. The zero-order chi connectivity index (χ0) is 40.7. The van der Waals surface area contributed by atoms with Crippen LogP contribution in [0.25, 0.3) is 33.3 Å². The zero-order valence-corrected chi connectivity index (χ0v) is 33.2. The second-order valence-electron chi connectivity index (χ2n) is 14.7. The maximum Gasteiger partial charge on any atom is 0.491 e. The molecular formula is C42H38BBrF4N8O2. The third kappa shape index (κ3) is 8.22. The Morgan fingerprint density at radius 3 is 1.71 bits per heavy atom. The number of fused-ring (bicyclic) bond motifs is 2. The smallest absolute Gasteiger partial charge is 0.423 e. The summed E-state index contributed by atoms with van der Waals surface area (Å²) in [5.74, 6) is -2.94. The minimum absolute atomic E-state index is 0.234. The van der Waals surface area contributed by atoms with E-state index in [0.717, 1.165) is 70.0 Å². The van der Waals surface area contributed by atoms with Gasteiger partial charge in [0, 0.05) is 55.7 Å². The first kappa shape index (κ1) is 39.3. The number of benzene rings is 4. The minimum atomic E-state index is -1.97. The van der Waals surface area contributed by atoms with Gasteiger partial charge in [-0.15, -0.1) is 0 Å². The molecule has 0 spiro atoms. The van der Waals surface area contributed by atoms with E-state index in [1.807, 2.05) is 37.4 Å². The van der Waals surface area contributed by atoms with Crippen LogP contribution in [0.4, 0.5) is 17.6 Å². The Morgan fingerprint density at radius 2 is 1.16 bits per heavy atom. The van der Waals surface area contributed by atoms with Gasteiger partial charge in [-0.05, 0) is 95.2 Å². The van der Waals surface area contributed by atoms with Crippen molar-refractivity contribution in [3.8, 4) is 11.3 Å². The van der Waals surface area contributed by atoms with Gasteiger partial charge in [0.2, 0.25) is 0 Å². The van der Waals surface area contributed by atoms with Crippen molar-refractivity contribution >= 4 is 50.6 Å². The first-order chi connectivity index (χ1) is 28.0. The molecule has 0 bridgehead atoms. The van der Waals surface area contributed by atoms with Crippen LogP contribution in [-0.2, 0) is 27.2 Å². The van der Waals surface area contributed by atoms with E-state index >= 15 is 0 Å². The number of hydrogen-bond donors (Lipinski definition) is 2. The molecule has 8 aromatic rings. The molecule has 0 radical (unpaired) electrons. The van der Waals surface area contributed by atoms with E-state index in [9.17, 15) is 17.6 Å². The van der Waals surface area contributed by atoms with Gasteiger partial charge in [-0.25, -0.2) is 37.5 Å². The van der Waals surface area contributed by atoms with Crippen LogP contribution in [0.1, 0.15) is 60.0 Å². The molecule has 58 heavy (non-hydrogen) atoms. The second kappa shape index (κ2) is 16.4. The first-order valence-corrected chi connectivity index (χ1v) is 19.6. The van der Waals surface area contributed by atoms with E-state index in [4.69, 9.17) is 10.0 Å². The summed E-state index contributed by atoms with van der Waals surface area (Å²) < 4.78 is 62.3. The molecule has 0 amide bonds. The molecule has 0 unspecified atom stereocenters. The lowest BCUT2D eigenvalue weighted by Gasteiger charge is -2.11. The van der Waals surface area contributed by atoms with Crippen LogP contribution < -0.4 is 5.46 Å². The van der Waals surface area contributed by atoms with Gasteiger partial charge in [0.25, 0.3) is 0 Å². The van der Waals surface area contributed by atoms with E-state index in [-0.39, 0.29) is 5.56 Å². The van der Waals surface area contributed by atoms with Gasteiger partial charge < -0.3 is 28.3 Å². The number of imidazole rings is 4. The van der Waals surface area contributed by atoms with Gasteiger partial charge in [-0.2, -0.15) is 0 Å². The molecule has 2 saturated carbocycles. The second-order valence-corrected chi connectivity index (χ2v) is 15.4. The van der Waals surface area contributed by atoms with Crippen LogP contribution in [0.3, 0.4) is 0 Å². The Balaban J connectivity index is 0.000000133. The molecule has 296 valence electrons. The highest BCUT2D eigenvalue weighted by molar-refractivity contribution is 9.10. The fourth-order valence-corrected chi connectivity index (χ4v) is 7.75. The van der Waals surface area contributed by atoms with Gasteiger partial charge in [-0.3, -0.25) is 0 Å². The standard InChI is InChI=1S/C21H18F2N4.C15H15BrN4.C6H5BF2O2/c1-26-11-24-17-8-5-13(9-18(17)26)10-27-12-25-20(21(27)14-6-7-14)15-3-2-4-16(22)19(15)23;1-19-8-17-12-5-2-10(6-13(12)19)7-20-9-18-15(16)14(20)11-3-4-11;8-5-3-1-2-4(6(5)9)7(10)11/h2-5,8-9,11-12,14H,6-7,10H2,1H3;2,5-6,8-9,11H,3-4,7H2,1H3;1-3,10-11H. The third-order valence-corrected chi connectivity index (χ3v) is 11.0. The summed E-state index contributed by atoms with van der Waals surface area (Å²) in [5.41, 5.74) is 9.32. The summed E-state index contributed by atoms with van der Waals surface area (Å²) in [6, 6.07) is 20.1. The van der Waals surface area contributed by atoms with Crippen molar-refractivity contribution in [1.82, 2.24) is 38.2 Å². The van der Waals surface area contributed by atoms with Gasteiger partial charge in [0.05, 0.1) is 58.8 Å². The van der Waals surface area contributed by atoms with Gasteiger partial charge >= 0.3 is 7.12 Å². The Bertz CT molecular complexity index is 2760. The fraction of sp³-hybridized carbons (Fsp3) is 0.238. The predicted molar refractivity (Wildman–Crippen MR) is 217 cm³/mol. The van der Waals surface area contributed by atoms with Crippen molar-refractivity contribution in [2.24, 2.45) is 14.1 Å². The summed E-state index contributed by atoms with van der Waals surface area (Å²) in [6.07, 6.45) is 12.0. The van der Waals surface area contributed by atoms with Crippen LogP contribution in [0, 0.1) is 23.3 Å². The van der Waals surface area contributed by atoms with Crippen LogP contribution in [0.5, 0.6) is 0 Å². The lowest BCUT2D eigenvalue weighted by molar-refractivity contribution is 0.420. The molecule has 10 rings (SSSR count). The molecule has 0 saturated heterocycles. The normalized spacial score (nSPS) is 13.7. The lowest BCUT2D eigenvalue weighted by Crippen LogP contribution is -2.33. The molecule has 2 aliphatic rings. The molecule has 0 aliphatic heterocycles. The first-order valence-electron chi connectivity index (χ1n) is 18.8. The Hall–Kier alpha value is -5.58. The van der Waals surface area contributed by atoms with Gasteiger partial charge in [-0.1, -0.05) is 30.3 Å². The molecule has 4 aromatic heterocycles. The molecular weight excluding hydrogens is 815 g/mol. The summed E-state index contributed by atoms with van der Waals surface area (Å²) in [7, 11) is 2.03. The minimum Gasteiger partial charge on any atom is -0.423 e. The van der Waals surface area contributed by atoms with Crippen LogP contribution in [0.2, 0.25) is 0 Å². The number of nitrogens with zero attached hydrogens (tertiary/aromatic N) is 8. The zero-order valence-electron chi connectivity index (χ0n) is 31.6. The summed E-state index contributed by atoms with van der Waals surface area (Å²) >= 11 is 3.57. The summed E-state index contributed by atoms with van der Waals surface area (Å²) in [4.78, 5) is 17.6. The van der Waals surface area contributed by atoms with Crippen LogP contribution in [0.15, 0.2) is 103 Å². The molecule has 2 fully saturated rings. The molecule has 10 nitrogen and oxygen atoms in total. The molecule has 16 heteroatoms. The average Bonchev–Trinajstić information content (AvgIpc) is 4.10. The highest BCUT2D eigenvalue weighted by Gasteiger charge is 2.32. The van der Waals surface area contributed by atoms with Crippen molar-refractivity contribution < 1.29 is 27.6 Å². The molecule has 4 heterocycles. The third-order valence-electron chi connectivity index (χ3n) is 10.4. The topological polar surface area (TPSA) is 112 Å². The van der Waals surface area contributed by atoms with Gasteiger partial charge in [0.15, 0.2) is 23.3 Å². The fourth-order valence-electron chi connectivity index (χ4n) is 7.10. The van der Waals surface area contributed by atoms with E-state index in [2.05, 4.69) is 79.9 Å². The van der Waals surface area contributed by atoms with Crippen molar-refractivity contribution in [1.29, 1.82) is 0 Å². The van der Waals surface area contributed by atoms with E-state index < -0.39 is 35.9 Å². The number of rotatable bonds is 8. The maximum absolute atomic E-state index is 14.3. The van der Waals surface area contributed by atoms with Crippen molar-refractivity contribution in [3.05, 3.63) is 148 Å². The Morgan fingerprint density at radius 1 is 0.638 bits per heavy atom. The monoisotopic (exact) mass is 852 g/mol. The van der Waals surface area contributed by atoms with Crippen molar-refractivity contribution in [2.45, 2.75) is 50.6 Å². The Labute approximate surface area is 339 Å². The predicted octanol–water partition coefficient (Wildman–Crippen LogP) is 7.74. The van der Waals surface area contributed by atoms with Crippen molar-refractivity contribution in [2.75, 3.05) is 0 Å². The molecule has 2 N–H and O–H groups in total. The van der Waals surface area contributed by atoms with E-state index in [0.29, 0.717) is 24.1 Å². The highest BCUT2D eigenvalue weighted by Crippen LogP contribution is 2.45.